The summed E-state index contributed by atoms with van der Waals surface area (Å²) in [4.78, 5) is 8.34. The third-order valence-electron chi connectivity index (χ3n) is 2.87. The Bertz CT molecular complexity index is 672. The van der Waals surface area contributed by atoms with E-state index in [-0.39, 0.29) is 5.82 Å². The molecule has 0 fully saturated rings. The minimum atomic E-state index is 0.178. The summed E-state index contributed by atoms with van der Waals surface area (Å²) in [6.07, 6.45) is 0. The maximum Gasteiger partial charge on any atom is 0.232 e. The Kier molecular flexibility index (Phi) is 3.48. The Morgan fingerprint density at radius 1 is 1.11 bits per heavy atom. The number of nitrogens with zero attached hydrogens (tertiary/aromatic N) is 3. The summed E-state index contributed by atoms with van der Waals surface area (Å²) in [6, 6.07) is 7.88. The van der Waals surface area contributed by atoms with Crippen LogP contribution in [0.1, 0.15) is 22.6 Å². The second-order valence-corrected chi connectivity index (χ2v) is 4.49. The third kappa shape index (κ3) is 2.55. The van der Waals surface area contributed by atoms with E-state index in [4.69, 9.17) is 10.00 Å². The molecular formula is C15H15N3O. The number of ether oxygens (including phenoxy) is 1. The highest BCUT2D eigenvalue weighted by Gasteiger charge is 2.13. The fourth-order valence-corrected chi connectivity index (χ4v) is 2.16. The van der Waals surface area contributed by atoms with Gasteiger partial charge < -0.3 is 4.74 Å². The third-order valence-corrected chi connectivity index (χ3v) is 2.87. The van der Waals surface area contributed by atoms with Gasteiger partial charge >= 0.3 is 0 Å². The molecule has 2 aromatic rings. The van der Waals surface area contributed by atoms with Gasteiger partial charge in [0.25, 0.3) is 0 Å². The zero-order chi connectivity index (χ0) is 14.0. The van der Waals surface area contributed by atoms with Crippen LogP contribution in [0.2, 0.25) is 0 Å². The molecule has 0 atom stereocenters. The van der Waals surface area contributed by atoms with Crippen molar-refractivity contribution in [3.63, 3.8) is 0 Å². The lowest BCUT2D eigenvalue weighted by molar-refractivity contribution is 0.415. The summed E-state index contributed by atoms with van der Waals surface area (Å²) in [5, 5.41) is 8.97. The molecule has 19 heavy (non-hydrogen) atoms. The summed E-state index contributed by atoms with van der Waals surface area (Å²) >= 11 is 0. The van der Waals surface area contributed by atoms with E-state index in [1.54, 1.807) is 7.11 Å². The van der Waals surface area contributed by atoms with Crippen LogP contribution in [0.25, 0.3) is 11.3 Å². The van der Waals surface area contributed by atoms with Gasteiger partial charge in [0, 0.05) is 11.3 Å². The lowest BCUT2D eigenvalue weighted by atomic mass is 10.0. The minimum absolute atomic E-state index is 0.178. The first-order valence-electron chi connectivity index (χ1n) is 5.96. The molecule has 0 saturated carbocycles. The molecule has 4 heteroatoms. The molecule has 96 valence electrons. The Morgan fingerprint density at radius 2 is 1.84 bits per heavy atom. The molecular weight excluding hydrogens is 238 g/mol. The van der Waals surface area contributed by atoms with E-state index in [2.05, 4.69) is 16.0 Å². The Balaban J connectivity index is 2.72. The van der Waals surface area contributed by atoms with Crippen LogP contribution >= 0.6 is 0 Å². The van der Waals surface area contributed by atoms with Gasteiger partial charge in [0.05, 0.1) is 12.8 Å². The first-order valence-corrected chi connectivity index (χ1v) is 5.96. The molecule has 2 rings (SSSR count). The quantitative estimate of drug-likeness (QED) is 0.825. The van der Waals surface area contributed by atoms with E-state index in [9.17, 15) is 0 Å². The second kappa shape index (κ2) is 5.07. The van der Waals surface area contributed by atoms with Gasteiger partial charge in [-0.15, -0.1) is 0 Å². The number of aryl methyl sites for hydroxylation is 3. The number of benzene rings is 1. The average Bonchev–Trinajstić information content (AvgIpc) is 2.36. The van der Waals surface area contributed by atoms with Crippen LogP contribution in [0.3, 0.4) is 0 Å². The summed E-state index contributed by atoms with van der Waals surface area (Å²) in [5.41, 5.74) is 4.60. The van der Waals surface area contributed by atoms with E-state index < -0.39 is 0 Å². The molecule has 0 bridgehead atoms. The first-order chi connectivity index (χ1) is 9.05. The molecule has 0 aliphatic heterocycles. The minimum Gasteiger partial charge on any atom is -0.496 e. The van der Waals surface area contributed by atoms with Gasteiger partial charge in [-0.3, -0.25) is 0 Å². The molecule has 0 unspecified atom stereocenters. The summed E-state index contributed by atoms with van der Waals surface area (Å²) in [5.74, 6) is 0.941. The zero-order valence-corrected chi connectivity index (χ0v) is 11.5. The lowest BCUT2D eigenvalue weighted by Crippen LogP contribution is -1.99. The average molecular weight is 253 g/mol. The van der Waals surface area contributed by atoms with Crippen LogP contribution in [-0.4, -0.2) is 17.1 Å². The number of nitriles is 1. The Morgan fingerprint density at radius 3 is 2.47 bits per heavy atom. The fourth-order valence-electron chi connectivity index (χ4n) is 2.16. The molecule has 0 aliphatic carbocycles. The lowest BCUT2D eigenvalue weighted by Gasteiger charge is -2.13. The molecule has 0 spiro atoms. The second-order valence-electron chi connectivity index (χ2n) is 4.49. The number of hydrogen-bond acceptors (Lipinski definition) is 4. The first kappa shape index (κ1) is 13.0. The van der Waals surface area contributed by atoms with Gasteiger partial charge in [-0.1, -0.05) is 6.07 Å². The van der Waals surface area contributed by atoms with Crippen molar-refractivity contribution in [1.29, 1.82) is 5.26 Å². The Hall–Kier alpha value is -2.41. The van der Waals surface area contributed by atoms with Crippen LogP contribution in [0.15, 0.2) is 18.2 Å². The van der Waals surface area contributed by atoms with E-state index in [0.717, 1.165) is 33.8 Å². The monoisotopic (exact) mass is 253 g/mol. The van der Waals surface area contributed by atoms with Crippen molar-refractivity contribution >= 4 is 0 Å². The van der Waals surface area contributed by atoms with E-state index in [1.807, 2.05) is 39.0 Å². The maximum atomic E-state index is 8.97. The van der Waals surface area contributed by atoms with Gasteiger partial charge in [-0.2, -0.15) is 5.26 Å². The number of methoxy groups -OCH3 is 1. The van der Waals surface area contributed by atoms with Crippen molar-refractivity contribution in [3.8, 4) is 23.1 Å². The number of hydrogen-bond donors (Lipinski definition) is 0. The smallest absolute Gasteiger partial charge is 0.232 e. The van der Waals surface area contributed by atoms with Gasteiger partial charge in [0.1, 0.15) is 11.8 Å². The van der Waals surface area contributed by atoms with E-state index in [0.29, 0.717) is 0 Å². The van der Waals surface area contributed by atoms with Crippen LogP contribution in [0, 0.1) is 32.1 Å². The van der Waals surface area contributed by atoms with Crippen LogP contribution in [0.4, 0.5) is 0 Å². The molecule has 1 aromatic carbocycles. The van der Waals surface area contributed by atoms with Crippen molar-refractivity contribution in [2.45, 2.75) is 20.8 Å². The Labute approximate surface area is 112 Å². The standard InChI is InChI=1S/C15H15N3O/c1-9-5-10(2)15(13(6-9)19-4)12-7-11(3)17-14(8-16)18-12/h5-7H,1-4H3. The molecule has 0 aliphatic rings. The SMILES string of the molecule is COc1cc(C)cc(C)c1-c1cc(C)nc(C#N)n1. The highest BCUT2D eigenvalue weighted by Crippen LogP contribution is 2.33. The normalized spacial score (nSPS) is 10.1. The molecule has 0 amide bonds. The fraction of sp³-hybridized carbons (Fsp3) is 0.267. The highest BCUT2D eigenvalue weighted by atomic mass is 16.5. The highest BCUT2D eigenvalue weighted by molar-refractivity contribution is 5.72. The summed E-state index contributed by atoms with van der Waals surface area (Å²) in [7, 11) is 1.64. The molecule has 4 nitrogen and oxygen atoms in total. The van der Waals surface area contributed by atoms with Gasteiger partial charge in [0.2, 0.25) is 5.82 Å². The van der Waals surface area contributed by atoms with Gasteiger partial charge in [0.15, 0.2) is 0 Å². The zero-order valence-electron chi connectivity index (χ0n) is 11.5. The largest absolute Gasteiger partial charge is 0.496 e. The van der Waals surface area contributed by atoms with Crippen molar-refractivity contribution in [2.75, 3.05) is 7.11 Å². The maximum absolute atomic E-state index is 8.97. The summed E-state index contributed by atoms with van der Waals surface area (Å²) in [6.45, 7) is 5.88. The number of aromatic nitrogens is 2. The predicted octanol–water partition coefficient (Wildman–Crippen LogP) is 2.95. The van der Waals surface area contributed by atoms with Crippen molar-refractivity contribution in [2.24, 2.45) is 0 Å². The van der Waals surface area contributed by atoms with E-state index >= 15 is 0 Å². The van der Waals surface area contributed by atoms with Crippen molar-refractivity contribution in [3.05, 3.63) is 40.8 Å². The molecule has 0 saturated heterocycles. The van der Waals surface area contributed by atoms with Crippen LogP contribution < -0.4 is 4.74 Å². The summed E-state index contributed by atoms with van der Waals surface area (Å²) < 4.78 is 5.43. The van der Waals surface area contributed by atoms with Crippen LogP contribution in [-0.2, 0) is 0 Å². The van der Waals surface area contributed by atoms with Gasteiger partial charge in [-0.05, 0) is 44.0 Å². The van der Waals surface area contributed by atoms with Gasteiger partial charge in [-0.25, -0.2) is 9.97 Å². The molecule has 0 radical (unpaired) electrons. The van der Waals surface area contributed by atoms with Crippen LogP contribution in [0.5, 0.6) is 5.75 Å². The molecule has 0 N–H and O–H groups in total. The topological polar surface area (TPSA) is 58.8 Å². The molecule has 1 aromatic heterocycles. The van der Waals surface area contributed by atoms with Crippen molar-refractivity contribution < 1.29 is 4.74 Å². The van der Waals surface area contributed by atoms with Crippen molar-refractivity contribution in [1.82, 2.24) is 9.97 Å². The molecule has 1 heterocycles. The van der Waals surface area contributed by atoms with E-state index in [1.165, 1.54) is 0 Å². The number of rotatable bonds is 2. The predicted molar refractivity (Wildman–Crippen MR) is 72.9 cm³/mol.